The number of rotatable bonds is 3. The second-order valence-corrected chi connectivity index (χ2v) is 5.40. The summed E-state index contributed by atoms with van der Waals surface area (Å²) >= 11 is 1.58. The summed E-state index contributed by atoms with van der Waals surface area (Å²) in [5.41, 5.74) is 5.70. The van der Waals surface area contributed by atoms with Gasteiger partial charge in [0.1, 0.15) is 10.8 Å². The number of hydrogen-bond acceptors (Lipinski definition) is 5. The number of nitrogens with one attached hydrogen (secondary N) is 1. The summed E-state index contributed by atoms with van der Waals surface area (Å²) in [4.78, 5) is 9.46. The zero-order valence-corrected chi connectivity index (χ0v) is 11.8. The lowest BCUT2D eigenvalue weighted by Gasteiger charge is -2.06. The van der Waals surface area contributed by atoms with Gasteiger partial charge in [-0.15, -0.1) is 0 Å². The minimum atomic E-state index is 0.278. The van der Waals surface area contributed by atoms with E-state index in [0.717, 1.165) is 15.7 Å². The molecule has 0 spiro atoms. The molecular weight excluding hydrogens is 268 g/mol. The Morgan fingerprint density at radius 3 is 2.60 bits per heavy atom. The molecule has 1 aromatic heterocycles. The van der Waals surface area contributed by atoms with Crippen molar-refractivity contribution in [1.82, 2.24) is 9.97 Å². The predicted octanol–water partition coefficient (Wildman–Crippen LogP) is 3.40. The summed E-state index contributed by atoms with van der Waals surface area (Å²) < 4.78 is 0. The van der Waals surface area contributed by atoms with Gasteiger partial charge in [0.05, 0.1) is 0 Å². The van der Waals surface area contributed by atoms with Gasteiger partial charge in [0.25, 0.3) is 0 Å². The molecule has 0 bridgehead atoms. The highest BCUT2D eigenvalue weighted by atomic mass is 32.2. The smallest absolute Gasteiger partial charge is 0.223 e. The number of nitrogens with two attached hydrogens (primary N) is 1. The summed E-state index contributed by atoms with van der Waals surface area (Å²) in [5.74, 6) is 1.00. The first-order valence-corrected chi connectivity index (χ1v) is 7.05. The first-order chi connectivity index (χ1) is 9.74. The maximum absolute atomic E-state index is 5.70. The van der Waals surface area contributed by atoms with Crippen molar-refractivity contribution >= 4 is 34.3 Å². The molecule has 0 amide bonds. The quantitative estimate of drug-likeness (QED) is 0.721. The summed E-state index contributed by atoms with van der Waals surface area (Å²) in [6.45, 7) is 0. The molecule has 5 heteroatoms. The Kier molecular flexibility index (Phi) is 3.43. The third-order valence-electron chi connectivity index (χ3n) is 2.92. The summed E-state index contributed by atoms with van der Waals surface area (Å²) in [7, 11) is 1.81. The molecule has 20 heavy (non-hydrogen) atoms. The number of anilines is 2. The number of benzene rings is 2. The van der Waals surface area contributed by atoms with Crippen LogP contribution in [0, 0.1) is 0 Å². The van der Waals surface area contributed by atoms with E-state index >= 15 is 0 Å². The van der Waals surface area contributed by atoms with E-state index in [-0.39, 0.29) is 5.95 Å². The van der Waals surface area contributed by atoms with Crippen LogP contribution in [-0.2, 0) is 0 Å². The van der Waals surface area contributed by atoms with E-state index in [9.17, 15) is 0 Å². The van der Waals surface area contributed by atoms with Gasteiger partial charge in [0.2, 0.25) is 5.95 Å². The van der Waals surface area contributed by atoms with Gasteiger partial charge in [0.15, 0.2) is 0 Å². The Bertz CT molecular complexity index is 758. The number of aromatic nitrogens is 2. The second-order valence-electron chi connectivity index (χ2n) is 4.31. The van der Waals surface area contributed by atoms with Gasteiger partial charge in [-0.25, -0.2) is 4.98 Å². The van der Waals surface area contributed by atoms with Gasteiger partial charge >= 0.3 is 0 Å². The van der Waals surface area contributed by atoms with Crippen LogP contribution in [0.1, 0.15) is 0 Å². The van der Waals surface area contributed by atoms with E-state index in [1.54, 1.807) is 11.8 Å². The molecule has 0 saturated heterocycles. The highest BCUT2D eigenvalue weighted by molar-refractivity contribution is 7.99. The van der Waals surface area contributed by atoms with E-state index in [2.05, 4.69) is 45.6 Å². The van der Waals surface area contributed by atoms with Gasteiger partial charge in [-0.05, 0) is 22.9 Å². The van der Waals surface area contributed by atoms with Crippen molar-refractivity contribution in [3.05, 3.63) is 48.5 Å². The van der Waals surface area contributed by atoms with Crippen molar-refractivity contribution in [2.24, 2.45) is 0 Å². The van der Waals surface area contributed by atoms with Crippen molar-refractivity contribution in [3.63, 3.8) is 0 Å². The fourth-order valence-corrected chi connectivity index (χ4v) is 2.85. The Morgan fingerprint density at radius 1 is 1.00 bits per heavy atom. The molecule has 0 saturated carbocycles. The zero-order valence-electron chi connectivity index (χ0n) is 11.0. The molecule has 4 nitrogen and oxygen atoms in total. The van der Waals surface area contributed by atoms with Crippen LogP contribution < -0.4 is 11.1 Å². The molecule has 1 heterocycles. The van der Waals surface area contributed by atoms with E-state index in [1.165, 1.54) is 10.8 Å². The Balaban J connectivity index is 1.94. The Morgan fingerprint density at radius 2 is 1.80 bits per heavy atom. The predicted molar refractivity (Wildman–Crippen MR) is 84.1 cm³/mol. The van der Waals surface area contributed by atoms with E-state index in [4.69, 9.17) is 5.73 Å². The third kappa shape index (κ3) is 2.67. The van der Waals surface area contributed by atoms with E-state index < -0.39 is 0 Å². The molecule has 3 aromatic rings. The molecule has 3 rings (SSSR count). The molecule has 3 N–H and O–H groups in total. The molecule has 0 radical (unpaired) electrons. The van der Waals surface area contributed by atoms with Crippen molar-refractivity contribution in [2.75, 3.05) is 18.1 Å². The minimum absolute atomic E-state index is 0.278. The zero-order chi connectivity index (χ0) is 13.9. The van der Waals surface area contributed by atoms with Crippen LogP contribution in [0.4, 0.5) is 11.8 Å². The Labute approximate surface area is 121 Å². The van der Waals surface area contributed by atoms with Crippen molar-refractivity contribution in [1.29, 1.82) is 0 Å². The maximum Gasteiger partial charge on any atom is 0.223 e. The van der Waals surface area contributed by atoms with Gasteiger partial charge in [-0.2, -0.15) is 4.98 Å². The molecule has 0 atom stereocenters. The molecule has 0 fully saturated rings. The number of hydrogen-bond donors (Lipinski definition) is 2. The van der Waals surface area contributed by atoms with Crippen LogP contribution in [-0.4, -0.2) is 17.0 Å². The number of nitrogen functional groups attached to an aromatic ring is 1. The van der Waals surface area contributed by atoms with E-state index in [0.29, 0.717) is 0 Å². The molecule has 0 unspecified atom stereocenters. The normalized spacial score (nSPS) is 10.7. The lowest BCUT2D eigenvalue weighted by molar-refractivity contribution is 1.06. The minimum Gasteiger partial charge on any atom is -0.373 e. The first kappa shape index (κ1) is 12.7. The topological polar surface area (TPSA) is 63.8 Å². The fraction of sp³-hybridized carbons (Fsp3) is 0.0667. The first-order valence-electron chi connectivity index (χ1n) is 6.23. The van der Waals surface area contributed by atoms with Gasteiger partial charge in [0, 0.05) is 18.0 Å². The average Bonchev–Trinajstić information content (AvgIpc) is 2.46. The van der Waals surface area contributed by atoms with Crippen LogP contribution >= 0.6 is 11.8 Å². The Hall–Kier alpha value is -2.27. The van der Waals surface area contributed by atoms with Crippen molar-refractivity contribution < 1.29 is 0 Å². The van der Waals surface area contributed by atoms with Crippen molar-refractivity contribution in [2.45, 2.75) is 9.92 Å². The highest BCUT2D eigenvalue weighted by Crippen LogP contribution is 2.30. The molecule has 2 aromatic carbocycles. The molecule has 100 valence electrons. The highest BCUT2D eigenvalue weighted by Gasteiger charge is 2.04. The molecule has 0 aliphatic rings. The number of nitrogens with zero attached hydrogens (tertiary/aromatic N) is 2. The molecule has 0 aliphatic heterocycles. The largest absolute Gasteiger partial charge is 0.373 e. The fourth-order valence-electron chi connectivity index (χ4n) is 1.97. The van der Waals surface area contributed by atoms with Gasteiger partial charge in [-0.1, -0.05) is 42.1 Å². The molecule has 0 aliphatic carbocycles. The third-order valence-corrected chi connectivity index (χ3v) is 3.83. The summed E-state index contributed by atoms with van der Waals surface area (Å²) in [5, 5.41) is 6.26. The molecular formula is C15H14N4S. The monoisotopic (exact) mass is 282 g/mol. The van der Waals surface area contributed by atoms with Crippen LogP contribution in [0.5, 0.6) is 0 Å². The van der Waals surface area contributed by atoms with Crippen LogP contribution in [0.15, 0.2) is 58.5 Å². The summed E-state index contributed by atoms with van der Waals surface area (Å²) in [6, 6.07) is 16.5. The van der Waals surface area contributed by atoms with Gasteiger partial charge in [-0.3, -0.25) is 0 Å². The van der Waals surface area contributed by atoms with E-state index in [1.807, 2.05) is 25.2 Å². The van der Waals surface area contributed by atoms with Crippen LogP contribution in [0.3, 0.4) is 0 Å². The maximum atomic E-state index is 5.70. The summed E-state index contributed by atoms with van der Waals surface area (Å²) in [6.07, 6.45) is 0. The standard InChI is InChI=1S/C15H14N4S/c1-17-13-9-14(19-15(16)18-13)20-12-7-6-10-4-2-3-5-11(10)8-12/h2-9H,1H3,(H3,16,17,18,19). The average molecular weight is 282 g/mol. The SMILES string of the molecule is CNc1cc(Sc2ccc3ccccc3c2)nc(N)n1. The van der Waals surface area contributed by atoms with Crippen LogP contribution in [0.25, 0.3) is 10.8 Å². The lowest BCUT2D eigenvalue weighted by Crippen LogP contribution is -2.00. The lowest BCUT2D eigenvalue weighted by atomic mass is 10.1. The second kappa shape index (κ2) is 5.38. The van der Waals surface area contributed by atoms with Gasteiger partial charge < -0.3 is 11.1 Å². The number of fused-ring (bicyclic) bond motifs is 1. The van der Waals surface area contributed by atoms with Crippen molar-refractivity contribution in [3.8, 4) is 0 Å². The van der Waals surface area contributed by atoms with Crippen LogP contribution in [0.2, 0.25) is 0 Å².